The lowest BCUT2D eigenvalue weighted by atomic mass is 9.84. The largest absolute Gasteiger partial charge is 0.369 e. The highest BCUT2D eigenvalue weighted by atomic mass is 35.5. The number of halogens is 2. The van der Waals surface area contributed by atoms with Gasteiger partial charge >= 0.3 is 0 Å². The van der Waals surface area contributed by atoms with Crippen molar-refractivity contribution < 1.29 is 4.74 Å². The Hall–Kier alpha value is 0.280. The standard InChI is InChI=1S/C12H18Cl2O/c13-8-11-6-10(14)7-12(15-11)9-4-2-1-3-5-9/h7,9,11-12H,1-6,8H2/t11-,12+/m1/s1. The van der Waals surface area contributed by atoms with Crippen LogP contribution in [0.25, 0.3) is 0 Å². The first-order valence-electron chi connectivity index (χ1n) is 5.87. The van der Waals surface area contributed by atoms with E-state index in [4.69, 9.17) is 27.9 Å². The molecule has 1 nitrogen and oxygen atoms in total. The fourth-order valence-corrected chi connectivity index (χ4v) is 3.05. The number of hydrogen-bond acceptors (Lipinski definition) is 1. The summed E-state index contributed by atoms with van der Waals surface area (Å²) in [5.74, 6) is 1.21. The van der Waals surface area contributed by atoms with Gasteiger partial charge in [0.2, 0.25) is 0 Å². The van der Waals surface area contributed by atoms with Crippen molar-refractivity contribution in [3.63, 3.8) is 0 Å². The lowest BCUT2D eigenvalue weighted by Crippen LogP contribution is -2.33. The minimum absolute atomic E-state index is 0.121. The molecule has 0 saturated heterocycles. The number of hydrogen-bond donors (Lipinski definition) is 0. The first-order valence-corrected chi connectivity index (χ1v) is 6.78. The molecule has 0 radical (unpaired) electrons. The molecule has 3 heteroatoms. The summed E-state index contributed by atoms with van der Waals surface area (Å²) in [5.41, 5.74) is 0. The van der Waals surface area contributed by atoms with Gasteiger partial charge in [-0.25, -0.2) is 0 Å². The van der Waals surface area contributed by atoms with Gasteiger partial charge in [-0.15, -0.1) is 11.6 Å². The average Bonchev–Trinajstić information content (AvgIpc) is 2.29. The molecule has 1 fully saturated rings. The van der Waals surface area contributed by atoms with Crippen molar-refractivity contribution in [1.82, 2.24) is 0 Å². The van der Waals surface area contributed by atoms with Crippen molar-refractivity contribution in [3.8, 4) is 0 Å². The molecule has 2 rings (SSSR count). The molecule has 0 aromatic rings. The van der Waals surface area contributed by atoms with Gasteiger partial charge in [-0.05, 0) is 24.8 Å². The Bertz CT molecular complexity index is 234. The second-order valence-electron chi connectivity index (χ2n) is 4.59. The summed E-state index contributed by atoms with van der Waals surface area (Å²) in [7, 11) is 0. The molecule has 86 valence electrons. The van der Waals surface area contributed by atoms with Gasteiger partial charge in [0.05, 0.1) is 12.2 Å². The predicted molar refractivity (Wildman–Crippen MR) is 64.5 cm³/mol. The Morgan fingerprint density at radius 1 is 1.27 bits per heavy atom. The molecule has 0 aromatic heterocycles. The average molecular weight is 249 g/mol. The van der Waals surface area contributed by atoms with Crippen LogP contribution in [0.15, 0.2) is 11.1 Å². The SMILES string of the molecule is ClC[C@H]1CC(Cl)=C[C@@H](C2CCCCC2)O1. The zero-order chi connectivity index (χ0) is 10.7. The molecule has 2 atom stereocenters. The lowest BCUT2D eigenvalue weighted by molar-refractivity contribution is -0.0214. The van der Waals surface area contributed by atoms with E-state index in [1.54, 1.807) is 0 Å². The first-order chi connectivity index (χ1) is 7.29. The zero-order valence-corrected chi connectivity index (χ0v) is 10.4. The molecular weight excluding hydrogens is 231 g/mol. The van der Waals surface area contributed by atoms with Gasteiger partial charge in [-0.1, -0.05) is 30.9 Å². The minimum atomic E-state index is 0.121. The van der Waals surface area contributed by atoms with Crippen LogP contribution in [0.4, 0.5) is 0 Å². The summed E-state index contributed by atoms with van der Waals surface area (Å²) in [4.78, 5) is 0. The highest BCUT2D eigenvalue weighted by Crippen LogP contribution is 2.33. The van der Waals surface area contributed by atoms with Crippen molar-refractivity contribution in [1.29, 1.82) is 0 Å². The lowest BCUT2D eigenvalue weighted by Gasteiger charge is -2.34. The highest BCUT2D eigenvalue weighted by molar-refractivity contribution is 6.29. The van der Waals surface area contributed by atoms with Crippen LogP contribution in [0.5, 0.6) is 0 Å². The third-order valence-electron chi connectivity index (χ3n) is 3.40. The van der Waals surface area contributed by atoms with Crippen LogP contribution in [-0.4, -0.2) is 18.1 Å². The molecule has 0 bridgehead atoms. The maximum Gasteiger partial charge on any atom is 0.0802 e. The van der Waals surface area contributed by atoms with Crippen molar-refractivity contribution >= 4 is 23.2 Å². The van der Waals surface area contributed by atoms with E-state index in [-0.39, 0.29) is 12.2 Å². The molecule has 0 amide bonds. The maximum atomic E-state index is 6.13. The Morgan fingerprint density at radius 3 is 2.67 bits per heavy atom. The fraction of sp³-hybridized carbons (Fsp3) is 0.833. The van der Waals surface area contributed by atoms with Crippen molar-refractivity contribution in [2.45, 2.75) is 50.7 Å². The summed E-state index contributed by atoms with van der Waals surface area (Å²) in [6.45, 7) is 0. The summed E-state index contributed by atoms with van der Waals surface area (Å²) in [6.07, 6.45) is 9.82. The van der Waals surface area contributed by atoms with E-state index >= 15 is 0 Å². The van der Waals surface area contributed by atoms with Gasteiger partial charge in [0.1, 0.15) is 0 Å². The molecule has 15 heavy (non-hydrogen) atoms. The molecule has 1 heterocycles. The van der Waals surface area contributed by atoms with Gasteiger partial charge in [0.25, 0.3) is 0 Å². The molecule has 1 saturated carbocycles. The Morgan fingerprint density at radius 2 is 2.00 bits per heavy atom. The third kappa shape index (κ3) is 3.12. The molecule has 0 aromatic carbocycles. The van der Waals surface area contributed by atoms with Crippen LogP contribution in [-0.2, 0) is 4.74 Å². The topological polar surface area (TPSA) is 9.23 Å². The first kappa shape index (κ1) is 11.8. The van der Waals surface area contributed by atoms with E-state index < -0.39 is 0 Å². The van der Waals surface area contributed by atoms with Crippen LogP contribution in [0.3, 0.4) is 0 Å². The van der Waals surface area contributed by atoms with E-state index in [1.165, 1.54) is 32.1 Å². The summed E-state index contributed by atoms with van der Waals surface area (Å²) in [6, 6.07) is 0. The molecule has 1 aliphatic heterocycles. The van der Waals surface area contributed by atoms with Gasteiger partial charge in [-0.2, -0.15) is 0 Å². The zero-order valence-electron chi connectivity index (χ0n) is 8.92. The predicted octanol–water partition coefficient (Wildman–Crippen LogP) is 4.09. The highest BCUT2D eigenvalue weighted by Gasteiger charge is 2.28. The third-order valence-corrected chi connectivity index (χ3v) is 4.03. The second kappa shape index (κ2) is 5.56. The van der Waals surface area contributed by atoms with Gasteiger partial charge < -0.3 is 4.74 Å². The van der Waals surface area contributed by atoms with E-state index in [9.17, 15) is 0 Å². The molecule has 1 aliphatic carbocycles. The number of ether oxygens (including phenoxy) is 1. The molecule has 0 N–H and O–H groups in total. The van der Waals surface area contributed by atoms with E-state index in [1.807, 2.05) is 0 Å². The summed E-state index contributed by atoms with van der Waals surface area (Å²) in [5, 5.41) is 0.933. The molecule has 2 aliphatic rings. The minimum Gasteiger partial charge on any atom is -0.369 e. The van der Waals surface area contributed by atoms with E-state index in [0.29, 0.717) is 11.8 Å². The van der Waals surface area contributed by atoms with E-state index in [0.717, 1.165) is 11.5 Å². The van der Waals surface area contributed by atoms with Crippen LogP contribution in [0.2, 0.25) is 0 Å². The fourth-order valence-electron chi connectivity index (χ4n) is 2.57. The Kier molecular flexibility index (Phi) is 4.36. The Balaban J connectivity index is 1.98. The monoisotopic (exact) mass is 248 g/mol. The van der Waals surface area contributed by atoms with Crippen molar-refractivity contribution in [3.05, 3.63) is 11.1 Å². The molecular formula is C12H18Cl2O. The smallest absolute Gasteiger partial charge is 0.0802 e. The normalized spacial score (nSPS) is 33.9. The van der Waals surface area contributed by atoms with Crippen molar-refractivity contribution in [2.24, 2.45) is 5.92 Å². The molecule has 0 spiro atoms. The maximum absolute atomic E-state index is 6.13. The Labute approximate surface area is 102 Å². The summed E-state index contributed by atoms with van der Waals surface area (Å²) < 4.78 is 5.95. The summed E-state index contributed by atoms with van der Waals surface area (Å²) >= 11 is 12.0. The second-order valence-corrected chi connectivity index (χ2v) is 5.39. The van der Waals surface area contributed by atoms with Crippen molar-refractivity contribution in [2.75, 3.05) is 5.88 Å². The number of rotatable bonds is 2. The quantitative estimate of drug-likeness (QED) is 0.670. The van der Waals surface area contributed by atoms with Crippen LogP contribution >= 0.6 is 23.2 Å². The van der Waals surface area contributed by atoms with Gasteiger partial charge in [-0.3, -0.25) is 0 Å². The van der Waals surface area contributed by atoms with E-state index in [2.05, 4.69) is 6.08 Å². The van der Waals surface area contributed by atoms with Gasteiger partial charge in [0.15, 0.2) is 0 Å². The van der Waals surface area contributed by atoms with Crippen LogP contribution in [0, 0.1) is 5.92 Å². The van der Waals surface area contributed by atoms with Crippen LogP contribution in [0.1, 0.15) is 38.5 Å². The van der Waals surface area contributed by atoms with Crippen LogP contribution < -0.4 is 0 Å². The van der Waals surface area contributed by atoms with Gasteiger partial charge in [0, 0.05) is 17.3 Å². The number of alkyl halides is 1. The molecule has 0 unspecified atom stereocenters.